The summed E-state index contributed by atoms with van der Waals surface area (Å²) in [5, 5.41) is 7.55. The number of aryl methyl sites for hydroxylation is 2. The van der Waals surface area contributed by atoms with Crippen molar-refractivity contribution in [2.24, 2.45) is 0 Å². The molecule has 0 fully saturated rings. The summed E-state index contributed by atoms with van der Waals surface area (Å²) in [5.41, 5.74) is 6.92. The minimum absolute atomic E-state index is 0.00252. The van der Waals surface area contributed by atoms with Crippen molar-refractivity contribution in [3.05, 3.63) is 77.1 Å². The number of aromatic nitrogens is 2. The summed E-state index contributed by atoms with van der Waals surface area (Å²) in [5.74, 6) is 1.42. The number of carbonyl (C=O) groups is 1. The molecule has 0 aliphatic carbocycles. The molecule has 3 aromatic rings. The van der Waals surface area contributed by atoms with Gasteiger partial charge in [-0.05, 0) is 61.2 Å². The van der Waals surface area contributed by atoms with Crippen LogP contribution in [0, 0.1) is 13.8 Å². The van der Waals surface area contributed by atoms with Crippen LogP contribution in [0.5, 0.6) is 11.5 Å². The topological polar surface area (TPSA) is 68.6 Å². The van der Waals surface area contributed by atoms with E-state index in [4.69, 9.17) is 9.47 Å². The standard InChI is InChI=1S/C27H32N4O3/c1-19-5-7-24(13-20(19)2)31-17-23(16-29-31)21-9-11-30(12-10-21)18-27(32)28-15-22-6-8-25(33-3)14-26(22)34-4/h5-9,13-14,16-17H,10-12,15,18H2,1-4H3,(H,28,32). The third-order valence-corrected chi connectivity index (χ3v) is 6.34. The van der Waals surface area contributed by atoms with E-state index < -0.39 is 0 Å². The summed E-state index contributed by atoms with van der Waals surface area (Å²) >= 11 is 0. The Balaban J connectivity index is 1.31. The normalized spacial score (nSPS) is 13.9. The number of nitrogens with one attached hydrogen (secondary N) is 1. The minimum atomic E-state index is -0.00252. The van der Waals surface area contributed by atoms with Gasteiger partial charge in [-0.2, -0.15) is 5.10 Å². The maximum Gasteiger partial charge on any atom is 0.234 e. The summed E-state index contributed by atoms with van der Waals surface area (Å²) in [6, 6.07) is 12.0. The van der Waals surface area contributed by atoms with Gasteiger partial charge in [0.15, 0.2) is 0 Å². The molecule has 2 heterocycles. The van der Waals surface area contributed by atoms with Crippen molar-refractivity contribution in [2.75, 3.05) is 33.9 Å². The van der Waals surface area contributed by atoms with Gasteiger partial charge in [0.05, 0.1) is 32.6 Å². The number of nitrogens with zero attached hydrogens (tertiary/aromatic N) is 3. The SMILES string of the molecule is COc1ccc(CNC(=O)CN2CC=C(c3cnn(-c4ccc(C)c(C)c4)c3)CC2)c(OC)c1. The molecule has 1 N–H and O–H groups in total. The van der Waals surface area contributed by atoms with E-state index in [2.05, 4.69) is 59.6 Å². The van der Waals surface area contributed by atoms with Crippen LogP contribution in [-0.2, 0) is 11.3 Å². The van der Waals surface area contributed by atoms with E-state index in [-0.39, 0.29) is 5.91 Å². The number of rotatable bonds is 8. The molecule has 7 nitrogen and oxygen atoms in total. The molecule has 0 bridgehead atoms. The molecule has 1 aliphatic heterocycles. The van der Waals surface area contributed by atoms with Crippen LogP contribution in [0.3, 0.4) is 0 Å². The lowest BCUT2D eigenvalue weighted by Gasteiger charge is -2.25. The first-order chi connectivity index (χ1) is 16.5. The van der Waals surface area contributed by atoms with Gasteiger partial charge in [-0.15, -0.1) is 0 Å². The summed E-state index contributed by atoms with van der Waals surface area (Å²) in [6.07, 6.45) is 7.09. The van der Waals surface area contributed by atoms with Crippen molar-refractivity contribution >= 4 is 11.5 Å². The number of hydrogen-bond acceptors (Lipinski definition) is 5. The van der Waals surface area contributed by atoms with Crippen LogP contribution in [-0.4, -0.2) is 54.4 Å². The fourth-order valence-electron chi connectivity index (χ4n) is 4.07. The van der Waals surface area contributed by atoms with Crippen LogP contribution >= 0.6 is 0 Å². The van der Waals surface area contributed by atoms with Crippen LogP contribution in [0.25, 0.3) is 11.3 Å². The second-order valence-corrected chi connectivity index (χ2v) is 8.61. The molecule has 0 unspecified atom stereocenters. The summed E-state index contributed by atoms with van der Waals surface area (Å²) in [7, 11) is 3.23. The van der Waals surface area contributed by atoms with Gasteiger partial charge in [-0.3, -0.25) is 9.69 Å². The van der Waals surface area contributed by atoms with Crippen molar-refractivity contribution in [3.8, 4) is 17.2 Å². The van der Waals surface area contributed by atoms with Crippen LogP contribution in [0.15, 0.2) is 54.9 Å². The number of carbonyl (C=O) groups excluding carboxylic acids is 1. The summed E-state index contributed by atoms with van der Waals surface area (Å²) < 4.78 is 12.6. The monoisotopic (exact) mass is 460 g/mol. The lowest BCUT2D eigenvalue weighted by Crippen LogP contribution is -2.39. The van der Waals surface area contributed by atoms with Gasteiger partial charge in [0, 0.05) is 43.0 Å². The van der Waals surface area contributed by atoms with E-state index in [1.807, 2.05) is 29.1 Å². The second kappa shape index (κ2) is 10.6. The number of benzene rings is 2. The number of methoxy groups -OCH3 is 2. The Labute approximate surface area is 201 Å². The van der Waals surface area contributed by atoms with E-state index in [9.17, 15) is 4.79 Å². The van der Waals surface area contributed by atoms with Crippen molar-refractivity contribution in [1.29, 1.82) is 0 Å². The van der Waals surface area contributed by atoms with Crippen molar-refractivity contribution in [3.63, 3.8) is 0 Å². The zero-order valence-electron chi connectivity index (χ0n) is 20.3. The van der Waals surface area contributed by atoms with E-state index in [1.165, 1.54) is 16.7 Å². The molecule has 1 aromatic heterocycles. The molecular weight excluding hydrogens is 428 g/mol. The average molecular weight is 461 g/mol. The first-order valence-corrected chi connectivity index (χ1v) is 11.5. The Hall–Kier alpha value is -3.58. The Morgan fingerprint density at radius 2 is 1.94 bits per heavy atom. The summed E-state index contributed by atoms with van der Waals surface area (Å²) in [4.78, 5) is 14.7. The highest BCUT2D eigenvalue weighted by Gasteiger charge is 2.17. The predicted octanol–water partition coefficient (Wildman–Crippen LogP) is 3.91. The second-order valence-electron chi connectivity index (χ2n) is 8.61. The molecule has 1 aliphatic rings. The molecule has 1 amide bonds. The van der Waals surface area contributed by atoms with E-state index >= 15 is 0 Å². The van der Waals surface area contributed by atoms with E-state index in [0.717, 1.165) is 42.1 Å². The number of amides is 1. The molecule has 2 aromatic carbocycles. The van der Waals surface area contributed by atoms with Crippen molar-refractivity contribution in [2.45, 2.75) is 26.8 Å². The average Bonchev–Trinajstić information content (AvgIpc) is 3.35. The van der Waals surface area contributed by atoms with Gasteiger partial charge in [0.25, 0.3) is 0 Å². The van der Waals surface area contributed by atoms with Gasteiger partial charge in [-0.25, -0.2) is 4.68 Å². The molecule has 7 heteroatoms. The zero-order chi connectivity index (χ0) is 24.1. The lowest BCUT2D eigenvalue weighted by molar-refractivity contribution is -0.122. The van der Waals surface area contributed by atoms with Gasteiger partial charge < -0.3 is 14.8 Å². The van der Waals surface area contributed by atoms with Crippen LogP contribution in [0.2, 0.25) is 0 Å². The van der Waals surface area contributed by atoms with E-state index in [0.29, 0.717) is 18.8 Å². The molecule has 34 heavy (non-hydrogen) atoms. The zero-order valence-corrected chi connectivity index (χ0v) is 20.3. The third kappa shape index (κ3) is 5.48. The Morgan fingerprint density at radius 3 is 2.65 bits per heavy atom. The fourth-order valence-corrected chi connectivity index (χ4v) is 4.07. The van der Waals surface area contributed by atoms with Gasteiger partial charge in [-0.1, -0.05) is 12.1 Å². The molecule has 0 atom stereocenters. The Bertz CT molecular complexity index is 1200. The van der Waals surface area contributed by atoms with Crippen LogP contribution in [0.4, 0.5) is 0 Å². The predicted molar refractivity (Wildman–Crippen MR) is 133 cm³/mol. The highest BCUT2D eigenvalue weighted by molar-refractivity contribution is 5.78. The molecule has 0 radical (unpaired) electrons. The fraction of sp³-hybridized carbons (Fsp3) is 0.333. The maximum atomic E-state index is 12.5. The molecule has 0 spiro atoms. The Morgan fingerprint density at radius 1 is 1.09 bits per heavy atom. The largest absolute Gasteiger partial charge is 0.497 e. The van der Waals surface area contributed by atoms with Crippen molar-refractivity contribution in [1.82, 2.24) is 20.0 Å². The lowest BCUT2D eigenvalue weighted by atomic mass is 10.0. The van der Waals surface area contributed by atoms with E-state index in [1.54, 1.807) is 14.2 Å². The first-order valence-electron chi connectivity index (χ1n) is 11.5. The molecular formula is C27H32N4O3. The van der Waals surface area contributed by atoms with Gasteiger partial charge in [0.1, 0.15) is 11.5 Å². The summed E-state index contributed by atoms with van der Waals surface area (Å²) in [6.45, 7) is 6.58. The van der Waals surface area contributed by atoms with Crippen molar-refractivity contribution < 1.29 is 14.3 Å². The highest BCUT2D eigenvalue weighted by atomic mass is 16.5. The molecule has 4 rings (SSSR count). The number of hydrogen-bond donors (Lipinski definition) is 1. The molecule has 0 saturated carbocycles. The quantitative estimate of drug-likeness (QED) is 0.552. The highest BCUT2D eigenvalue weighted by Crippen LogP contribution is 2.25. The number of ether oxygens (including phenoxy) is 2. The molecule has 0 saturated heterocycles. The first kappa shape index (κ1) is 23.6. The van der Waals surface area contributed by atoms with Gasteiger partial charge in [0.2, 0.25) is 5.91 Å². The third-order valence-electron chi connectivity index (χ3n) is 6.34. The van der Waals surface area contributed by atoms with Crippen LogP contribution in [0.1, 0.15) is 28.7 Å². The smallest absolute Gasteiger partial charge is 0.234 e. The maximum absolute atomic E-state index is 12.5. The van der Waals surface area contributed by atoms with Gasteiger partial charge >= 0.3 is 0 Å². The Kier molecular flexibility index (Phi) is 7.33. The molecule has 178 valence electrons. The minimum Gasteiger partial charge on any atom is -0.497 e. The van der Waals surface area contributed by atoms with Crippen LogP contribution < -0.4 is 14.8 Å².